The van der Waals surface area contributed by atoms with Gasteiger partial charge in [0.25, 0.3) is 0 Å². The van der Waals surface area contributed by atoms with E-state index in [4.69, 9.17) is 4.74 Å². The molecule has 13 heteroatoms. The molecule has 0 fully saturated rings. The molecule has 0 aromatic heterocycles. The van der Waals surface area contributed by atoms with E-state index >= 15 is 0 Å². The van der Waals surface area contributed by atoms with Crippen molar-refractivity contribution in [1.82, 2.24) is 0 Å². The van der Waals surface area contributed by atoms with Crippen LogP contribution in [0.5, 0.6) is 0 Å². The third kappa shape index (κ3) is 22.8. The Morgan fingerprint density at radius 2 is 1.34 bits per heavy atom. The second kappa shape index (κ2) is 28.7. The number of cyclic esters (lactones) is 1. The first-order valence-corrected chi connectivity index (χ1v) is 19.4. The van der Waals surface area contributed by atoms with Gasteiger partial charge in [-0.25, -0.2) is 9.79 Å². The number of allylic oxidation sites excluding steroid dienone is 12. The summed E-state index contributed by atoms with van der Waals surface area (Å²) in [4.78, 5) is 27.4. The lowest BCUT2D eigenvalue weighted by molar-refractivity contribution is -0.189. The fourth-order valence-corrected chi connectivity index (χ4v) is 6.17. The van der Waals surface area contributed by atoms with E-state index in [1.54, 1.807) is 37.3 Å². The van der Waals surface area contributed by atoms with Crippen molar-refractivity contribution in [3.05, 3.63) is 97.7 Å². The first kappa shape index (κ1) is 50.4. The van der Waals surface area contributed by atoms with Gasteiger partial charge in [0.2, 0.25) is 6.08 Å². The molecule has 314 valence electrons. The highest BCUT2D eigenvalue weighted by Crippen LogP contribution is 2.26. The predicted octanol–water partition coefficient (Wildman–Crippen LogP) is 3.47. The molecule has 1 heterocycles. The van der Waals surface area contributed by atoms with Crippen LogP contribution in [-0.2, 0) is 14.3 Å². The summed E-state index contributed by atoms with van der Waals surface area (Å²) in [6.45, 7) is 7.45. The Hall–Kier alpha value is -3.59. The van der Waals surface area contributed by atoms with Gasteiger partial charge < -0.3 is 50.7 Å². The topological polar surface area (TPSA) is 238 Å². The summed E-state index contributed by atoms with van der Waals surface area (Å²) in [7, 11) is 0. The zero-order chi connectivity index (χ0) is 41.9. The Morgan fingerprint density at radius 1 is 0.768 bits per heavy atom. The molecule has 0 unspecified atom stereocenters. The number of aliphatic imine (C=N–C) groups is 1. The van der Waals surface area contributed by atoms with Crippen molar-refractivity contribution in [3.8, 4) is 0 Å². The average molecular weight is 788 g/mol. The molecule has 0 saturated heterocycles. The molecule has 56 heavy (non-hydrogen) atoms. The molecule has 1 aliphatic rings. The van der Waals surface area contributed by atoms with Crippen molar-refractivity contribution in [2.24, 2.45) is 16.8 Å². The molecule has 0 aromatic carbocycles. The van der Waals surface area contributed by atoms with Gasteiger partial charge in [0.1, 0.15) is 6.10 Å². The number of esters is 1. The van der Waals surface area contributed by atoms with Crippen LogP contribution >= 0.6 is 0 Å². The average Bonchev–Trinajstić information content (AvgIpc) is 3.13. The summed E-state index contributed by atoms with van der Waals surface area (Å²) in [6, 6.07) is -0.665. The fraction of sp³-hybridized carbons (Fsp3) is 0.581. The Morgan fingerprint density at radius 3 is 1.89 bits per heavy atom. The molecule has 0 aliphatic carbocycles. The lowest BCUT2D eigenvalue weighted by Crippen LogP contribution is -2.38. The monoisotopic (exact) mass is 787 g/mol. The van der Waals surface area contributed by atoms with Gasteiger partial charge in [0.15, 0.2) is 5.79 Å². The lowest BCUT2D eigenvalue weighted by Gasteiger charge is -2.30. The van der Waals surface area contributed by atoms with E-state index in [1.165, 1.54) is 12.2 Å². The van der Waals surface area contributed by atoms with E-state index in [-0.39, 0.29) is 50.9 Å². The molecule has 11 atom stereocenters. The van der Waals surface area contributed by atoms with Gasteiger partial charge in [-0.3, -0.25) is 4.79 Å². The van der Waals surface area contributed by atoms with Crippen LogP contribution in [0, 0.1) is 11.8 Å². The molecular weight excluding hydrogens is 722 g/mol. The van der Waals surface area contributed by atoms with Crippen molar-refractivity contribution in [1.29, 1.82) is 0 Å². The summed E-state index contributed by atoms with van der Waals surface area (Å²) in [6.07, 6.45) is 17.7. The van der Waals surface area contributed by atoms with E-state index in [9.17, 15) is 55.5 Å². The molecule has 1 aliphatic heterocycles. The Balaban J connectivity index is 3.06. The predicted molar refractivity (Wildman–Crippen MR) is 214 cm³/mol. The van der Waals surface area contributed by atoms with E-state index in [1.807, 2.05) is 61.6 Å². The molecule has 0 aromatic rings. The summed E-state index contributed by atoms with van der Waals surface area (Å²) in [5, 5.41) is 94.6. The van der Waals surface area contributed by atoms with Gasteiger partial charge in [0.05, 0.1) is 55.2 Å². The molecule has 0 radical (unpaired) electrons. The van der Waals surface area contributed by atoms with Gasteiger partial charge in [0, 0.05) is 31.1 Å². The summed E-state index contributed by atoms with van der Waals surface area (Å²) in [5.41, 5.74) is 0. The van der Waals surface area contributed by atoms with Crippen LogP contribution in [-0.4, -0.2) is 119 Å². The Labute approximate surface area is 331 Å². The van der Waals surface area contributed by atoms with Gasteiger partial charge in [-0.15, -0.1) is 6.58 Å². The minimum absolute atomic E-state index is 0.0374. The van der Waals surface area contributed by atoms with Crippen molar-refractivity contribution in [2.45, 2.75) is 145 Å². The fourth-order valence-electron chi connectivity index (χ4n) is 6.17. The van der Waals surface area contributed by atoms with Gasteiger partial charge >= 0.3 is 5.97 Å². The van der Waals surface area contributed by atoms with Crippen LogP contribution in [0.25, 0.3) is 0 Å². The van der Waals surface area contributed by atoms with Crippen LogP contribution in [0.3, 0.4) is 0 Å². The van der Waals surface area contributed by atoms with E-state index in [2.05, 4.69) is 11.6 Å². The second-order valence-electron chi connectivity index (χ2n) is 14.4. The van der Waals surface area contributed by atoms with E-state index < -0.39 is 91.8 Å². The zero-order valence-corrected chi connectivity index (χ0v) is 32.7. The summed E-state index contributed by atoms with van der Waals surface area (Å²) in [5.74, 6) is -4.02. The smallest absolute Gasteiger partial charge is 0.308 e. The second-order valence-corrected chi connectivity index (χ2v) is 14.4. The van der Waals surface area contributed by atoms with Crippen LogP contribution < -0.4 is 0 Å². The number of rotatable bonds is 3. The summed E-state index contributed by atoms with van der Waals surface area (Å²) >= 11 is 0. The number of isocyanates is 1. The zero-order valence-electron chi connectivity index (χ0n) is 32.7. The van der Waals surface area contributed by atoms with Crippen molar-refractivity contribution >= 4 is 12.0 Å². The van der Waals surface area contributed by atoms with Gasteiger partial charge in [-0.05, 0) is 44.9 Å². The number of hydrogen-bond acceptors (Lipinski definition) is 13. The van der Waals surface area contributed by atoms with E-state index in [0.717, 1.165) is 0 Å². The molecule has 13 nitrogen and oxygen atoms in total. The quantitative estimate of drug-likeness (QED) is 0.0658. The lowest BCUT2D eigenvalue weighted by atomic mass is 9.86. The number of nitrogens with zero attached hydrogens (tertiary/aromatic N) is 1. The summed E-state index contributed by atoms with van der Waals surface area (Å²) < 4.78 is 5.61. The SMILES string of the molecule is C=C[C@@H]1[C@H](O)[C@@H](C)/C=C/C=C/C=C/C=C/C=C/C=C/C=C/[C@H](O)CC[C@H](N=C=O)CCC(O)(O)C[C@@H](O)C[C@@H](O)[C@H](O)CC[C@@H](O)C[C@@H](O)CC(=O)O[C@H]1CC. The third-order valence-corrected chi connectivity index (χ3v) is 9.46. The maximum absolute atomic E-state index is 12.7. The molecule has 0 amide bonds. The Bertz CT molecular complexity index is 1380. The van der Waals surface area contributed by atoms with Gasteiger partial charge in [-0.1, -0.05) is 105 Å². The molecular formula is C43H65NO12. The van der Waals surface area contributed by atoms with Gasteiger partial charge in [-0.2, -0.15) is 0 Å². The van der Waals surface area contributed by atoms with Crippen molar-refractivity contribution in [3.63, 3.8) is 0 Å². The largest absolute Gasteiger partial charge is 0.462 e. The number of aliphatic hydroxyl groups is 9. The van der Waals surface area contributed by atoms with Crippen molar-refractivity contribution in [2.75, 3.05) is 0 Å². The normalized spacial score (nSPS) is 37.4. The van der Waals surface area contributed by atoms with E-state index in [0.29, 0.717) is 6.42 Å². The highest BCUT2D eigenvalue weighted by molar-refractivity contribution is 5.70. The number of ether oxygens (including phenoxy) is 1. The molecule has 0 bridgehead atoms. The minimum Gasteiger partial charge on any atom is -0.462 e. The molecule has 0 spiro atoms. The molecule has 0 saturated carbocycles. The number of carbonyl (C=O) groups is 1. The third-order valence-electron chi connectivity index (χ3n) is 9.46. The minimum atomic E-state index is -2.39. The number of carbonyl (C=O) groups excluding carboxylic acids is 2. The number of hydrogen-bond donors (Lipinski definition) is 9. The van der Waals surface area contributed by atoms with Crippen LogP contribution in [0.4, 0.5) is 0 Å². The van der Waals surface area contributed by atoms with Crippen molar-refractivity contribution < 1.29 is 60.3 Å². The number of aliphatic hydroxyl groups excluding tert-OH is 7. The maximum atomic E-state index is 12.7. The highest BCUT2D eigenvalue weighted by atomic mass is 16.5. The highest BCUT2D eigenvalue weighted by Gasteiger charge is 2.32. The van der Waals surface area contributed by atoms with Crippen LogP contribution in [0.1, 0.15) is 84.5 Å². The molecule has 9 N–H and O–H groups in total. The molecule has 1 rings (SSSR count). The van der Waals surface area contributed by atoms with Crippen LogP contribution in [0.2, 0.25) is 0 Å². The standard InChI is InChI=1S/C43H65NO12/c1-4-37-40(5-2)56-41(52)28-35(48)26-34(47)22-23-38(50)39(51)27-36(49)29-43(54,55)25-24-32(44-30-45)20-21-33(46)19-17-15-13-11-9-7-6-8-10-12-14-16-18-31(3)42(37)53/h4,6-19,31-40,42,46-51,53-55H,1,5,20-29H2,2-3H3/b7-6+,10-8+,11-9+,14-12+,15-13+,18-16+,19-17+/t31-,32-,33-,34+,35+,36-,37-,38+,39+,40-,42+/m0/s1. The first-order chi connectivity index (χ1) is 26.6. The maximum Gasteiger partial charge on any atom is 0.308 e. The Kier molecular flexibility index (Phi) is 25.9. The van der Waals surface area contributed by atoms with Crippen LogP contribution in [0.15, 0.2) is 103 Å². The first-order valence-electron chi connectivity index (χ1n) is 19.4.